The molecule has 2 rings (SSSR count). The molecule has 1 aromatic heterocycles. The zero-order valence-corrected chi connectivity index (χ0v) is 15.2. The highest BCUT2D eigenvalue weighted by atomic mass is 79.9. The summed E-state index contributed by atoms with van der Waals surface area (Å²) in [6.07, 6.45) is 3.13. The summed E-state index contributed by atoms with van der Waals surface area (Å²) >= 11 is 3.63. The van der Waals surface area contributed by atoms with Crippen LogP contribution in [-0.4, -0.2) is 14.8 Å². The third kappa shape index (κ3) is 3.43. The summed E-state index contributed by atoms with van der Waals surface area (Å²) < 4.78 is 2.59. The first-order chi connectivity index (χ1) is 10.7. The number of benzene rings is 1. The molecule has 6 heteroatoms. The van der Waals surface area contributed by atoms with Gasteiger partial charge in [-0.25, -0.2) is 9.67 Å². The number of nitrogens with zero attached hydrogens (tertiary/aromatic N) is 5. The standard InChI is InChI=1S/C17H18BrN5/c1-16(2,8-19)13-5-12(7-23-11-21-10-22-23)15(18)14(6-13)17(3,4)9-20/h5-6,10-11H,7H2,1-4H3. The number of hydrogen-bond donors (Lipinski definition) is 0. The summed E-state index contributed by atoms with van der Waals surface area (Å²) in [5.41, 5.74) is 1.41. The highest BCUT2D eigenvalue weighted by Crippen LogP contribution is 2.37. The van der Waals surface area contributed by atoms with E-state index in [1.54, 1.807) is 11.0 Å². The van der Waals surface area contributed by atoms with Crippen LogP contribution in [0.5, 0.6) is 0 Å². The zero-order chi connectivity index (χ0) is 17.3. The zero-order valence-electron chi connectivity index (χ0n) is 13.6. The predicted octanol–water partition coefficient (Wildman–Crippen LogP) is 3.69. The van der Waals surface area contributed by atoms with Crippen molar-refractivity contribution in [2.45, 2.75) is 45.1 Å². The summed E-state index contributed by atoms with van der Waals surface area (Å²) in [7, 11) is 0. The minimum Gasteiger partial charge on any atom is -0.249 e. The van der Waals surface area contributed by atoms with E-state index in [1.807, 2.05) is 39.8 Å². The van der Waals surface area contributed by atoms with Crippen LogP contribution in [-0.2, 0) is 17.4 Å². The van der Waals surface area contributed by atoms with Crippen LogP contribution in [0.3, 0.4) is 0 Å². The van der Waals surface area contributed by atoms with Gasteiger partial charge in [0.1, 0.15) is 12.7 Å². The molecule has 0 fully saturated rings. The molecule has 2 aromatic rings. The Morgan fingerprint density at radius 2 is 1.78 bits per heavy atom. The fourth-order valence-corrected chi connectivity index (χ4v) is 3.08. The lowest BCUT2D eigenvalue weighted by molar-refractivity contribution is 0.641. The molecule has 23 heavy (non-hydrogen) atoms. The Hall–Kier alpha value is -2.18. The molecule has 1 heterocycles. The van der Waals surface area contributed by atoms with E-state index < -0.39 is 10.8 Å². The fraction of sp³-hybridized carbons (Fsp3) is 0.412. The van der Waals surface area contributed by atoms with Crippen LogP contribution in [0.15, 0.2) is 29.3 Å². The van der Waals surface area contributed by atoms with Crippen LogP contribution in [0, 0.1) is 22.7 Å². The van der Waals surface area contributed by atoms with E-state index in [4.69, 9.17) is 0 Å². The van der Waals surface area contributed by atoms with Gasteiger partial charge in [-0.3, -0.25) is 0 Å². The van der Waals surface area contributed by atoms with E-state index in [2.05, 4.69) is 38.2 Å². The van der Waals surface area contributed by atoms with E-state index in [1.165, 1.54) is 6.33 Å². The number of hydrogen-bond acceptors (Lipinski definition) is 4. The quantitative estimate of drug-likeness (QED) is 0.820. The van der Waals surface area contributed by atoms with Crippen LogP contribution in [0.4, 0.5) is 0 Å². The van der Waals surface area contributed by atoms with Crippen LogP contribution >= 0.6 is 15.9 Å². The molecule has 0 unspecified atom stereocenters. The first-order valence-corrected chi connectivity index (χ1v) is 7.99. The molecule has 0 N–H and O–H groups in total. The summed E-state index contributed by atoms with van der Waals surface area (Å²) in [5.74, 6) is 0. The van der Waals surface area contributed by atoms with Gasteiger partial charge in [0.2, 0.25) is 0 Å². The molecule has 0 aliphatic carbocycles. The molecule has 0 amide bonds. The Balaban J connectivity index is 2.66. The van der Waals surface area contributed by atoms with E-state index in [0.29, 0.717) is 6.54 Å². The van der Waals surface area contributed by atoms with Gasteiger partial charge in [0.15, 0.2) is 0 Å². The molecule has 0 spiro atoms. The van der Waals surface area contributed by atoms with Crippen LogP contribution < -0.4 is 0 Å². The van der Waals surface area contributed by atoms with Gasteiger partial charge in [0, 0.05) is 4.47 Å². The van der Waals surface area contributed by atoms with Crippen molar-refractivity contribution >= 4 is 15.9 Å². The minimum absolute atomic E-state index is 0.518. The maximum Gasteiger partial charge on any atom is 0.137 e. The topological polar surface area (TPSA) is 78.3 Å². The number of rotatable bonds is 4. The molecule has 0 radical (unpaired) electrons. The molecular weight excluding hydrogens is 354 g/mol. The number of halogens is 1. The van der Waals surface area contributed by atoms with Gasteiger partial charge in [0.25, 0.3) is 0 Å². The van der Waals surface area contributed by atoms with Gasteiger partial charge >= 0.3 is 0 Å². The lowest BCUT2D eigenvalue weighted by Crippen LogP contribution is -2.21. The highest BCUT2D eigenvalue weighted by Gasteiger charge is 2.29. The second kappa shape index (κ2) is 6.14. The maximum atomic E-state index is 9.51. The third-order valence-corrected chi connectivity index (χ3v) is 4.84. The Morgan fingerprint density at radius 1 is 1.13 bits per heavy atom. The van der Waals surface area contributed by atoms with Gasteiger partial charge in [-0.05, 0) is 44.4 Å². The number of aromatic nitrogens is 3. The van der Waals surface area contributed by atoms with Gasteiger partial charge in [-0.1, -0.05) is 28.1 Å². The molecule has 0 saturated heterocycles. The van der Waals surface area contributed by atoms with E-state index in [0.717, 1.165) is 21.2 Å². The van der Waals surface area contributed by atoms with Crippen molar-refractivity contribution < 1.29 is 0 Å². The van der Waals surface area contributed by atoms with Crippen molar-refractivity contribution in [3.63, 3.8) is 0 Å². The summed E-state index contributed by atoms with van der Waals surface area (Å²) in [5, 5.41) is 23.1. The van der Waals surface area contributed by atoms with Crippen LogP contribution in [0.2, 0.25) is 0 Å². The average molecular weight is 372 g/mol. The highest BCUT2D eigenvalue weighted by molar-refractivity contribution is 9.10. The van der Waals surface area contributed by atoms with E-state index >= 15 is 0 Å². The Bertz CT molecular complexity index is 792. The van der Waals surface area contributed by atoms with Crippen molar-refractivity contribution in [3.8, 4) is 12.1 Å². The van der Waals surface area contributed by atoms with Crippen molar-refractivity contribution in [2.24, 2.45) is 0 Å². The molecule has 0 atom stereocenters. The second-order valence-corrected chi connectivity index (χ2v) is 7.36. The fourth-order valence-electron chi connectivity index (χ4n) is 2.23. The third-order valence-electron chi connectivity index (χ3n) is 3.90. The first-order valence-electron chi connectivity index (χ1n) is 7.19. The summed E-state index contributed by atoms with van der Waals surface area (Å²) in [4.78, 5) is 3.95. The molecule has 5 nitrogen and oxygen atoms in total. The second-order valence-electron chi connectivity index (χ2n) is 6.56. The predicted molar refractivity (Wildman–Crippen MR) is 90.5 cm³/mol. The van der Waals surface area contributed by atoms with Crippen molar-refractivity contribution in [1.82, 2.24) is 14.8 Å². The maximum absolute atomic E-state index is 9.51. The molecule has 0 bridgehead atoms. The van der Waals surface area contributed by atoms with Crippen molar-refractivity contribution in [3.05, 3.63) is 46.0 Å². The lowest BCUT2D eigenvalue weighted by atomic mass is 9.79. The van der Waals surface area contributed by atoms with Crippen molar-refractivity contribution in [2.75, 3.05) is 0 Å². The minimum atomic E-state index is -0.669. The molecule has 1 aromatic carbocycles. The van der Waals surface area contributed by atoms with Gasteiger partial charge in [-0.15, -0.1) is 0 Å². The first kappa shape index (κ1) is 17.2. The SMILES string of the molecule is CC(C)(C#N)c1cc(Cn2cncn2)c(Br)c(C(C)(C)C#N)c1. The summed E-state index contributed by atoms with van der Waals surface area (Å²) in [6.45, 7) is 8.01. The van der Waals surface area contributed by atoms with Crippen LogP contribution in [0.25, 0.3) is 0 Å². The molecule has 0 aliphatic heterocycles. The van der Waals surface area contributed by atoms with Gasteiger partial charge in [0.05, 0.1) is 29.5 Å². The molecule has 0 aliphatic rings. The van der Waals surface area contributed by atoms with Crippen molar-refractivity contribution in [1.29, 1.82) is 10.5 Å². The normalized spacial score (nSPS) is 11.8. The Labute approximate surface area is 144 Å². The Kier molecular flexibility index (Phi) is 4.58. The van der Waals surface area contributed by atoms with E-state index in [-0.39, 0.29) is 0 Å². The molecular formula is C17H18BrN5. The van der Waals surface area contributed by atoms with E-state index in [9.17, 15) is 10.5 Å². The van der Waals surface area contributed by atoms with Crippen LogP contribution in [0.1, 0.15) is 44.4 Å². The molecule has 118 valence electrons. The summed E-state index contributed by atoms with van der Waals surface area (Å²) in [6, 6.07) is 8.60. The lowest BCUT2D eigenvalue weighted by Gasteiger charge is -2.25. The largest absolute Gasteiger partial charge is 0.249 e. The smallest absolute Gasteiger partial charge is 0.137 e. The van der Waals surface area contributed by atoms with Gasteiger partial charge < -0.3 is 0 Å². The van der Waals surface area contributed by atoms with Gasteiger partial charge in [-0.2, -0.15) is 15.6 Å². The average Bonchev–Trinajstić information content (AvgIpc) is 3.01. The monoisotopic (exact) mass is 371 g/mol. The molecule has 0 saturated carbocycles. The Morgan fingerprint density at radius 3 is 2.30 bits per heavy atom. The number of nitriles is 2.